The summed E-state index contributed by atoms with van der Waals surface area (Å²) in [6.45, 7) is 0.343. The average molecular weight is 269 g/mol. The monoisotopic (exact) mass is 269 g/mol. The third-order valence-electron chi connectivity index (χ3n) is 2.76. The molecule has 102 valence electrons. The van der Waals surface area contributed by atoms with Gasteiger partial charge in [-0.25, -0.2) is 0 Å². The van der Waals surface area contributed by atoms with Gasteiger partial charge in [0.1, 0.15) is 6.61 Å². The van der Waals surface area contributed by atoms with E-state index in [9.17, 15) is 4.79 Å². The molecule has 1 N–H and O–H groups in total. The van der Waals surface area contributed by atoms with Crippen LogP contribution in [0.1, 0.15) is 21.7 Å². The van der Waals surface area contributed by atoms with Crippen molar-refractivity contribution in [3.05, 3.63) is 59.5 Å². The number of hydrogen-bond acceptors (Lipinski definition) is 3. The Morgan fingerprint density at radius 3 is 2.65 bits per heavy atom. The van der Waals surface area contributed by atoms with E-state index in [1.807, 2.05) is 24.3 Å². The van der Waals surface area contributed by atoms with Crippen LogP contribution >= 0.6 is 0 Å². The number of rotatable bonds is 3. The van der Waals surface area contributed by atoms with Gasteiger partial charge in [0.05, 0.1) is 6.26 Å². The average Bonchev–Trinajstić information content (AvgIpc) is 3.00. The van der Waals surface area contributed by atoms with E-state index >= 15 is 0 Å². The van der Waals surface area contributed by atoms with Crippen molar-refractivity contribution in [2.45, 2.75) is 6.54 Å². The molecule has 4 nitrogen and oxygen atoms in total. The van der Waals surface area contributed by atoms with Crippen LogP contribution in [0, 0.1) is 11.8 Å². The molecule has 1 aromatic carbocycles. The van der Waals surface area contributed by atoms with Crippen LogP contribution in [0.25, 0.3) is 0 Å². The van der Waals surface area contributed by atoms with E-state index in [1.54, 1.807) is 24.1 Å². The van der Waals surface area contributed by atoms with Crippen molar-refractivity contribution >= 4 is 5.91 Å². The van der Waals surface area contributed by atoms with Gasteiger partial charge in [0.25, 0.3) is 5.91 Å². The second kappa shape index (κ2) is 6.60. The lowest BCUT2D eigenvalue weighted by atomic mass is 10.1. The van der Waals surface area contributed by atoms with Gasteiger partial charge in [-0.3, -0.25) is 4.79 Å². The molecule has 0 bridgehead atoms. The van der Waals surface area contributed by atoms with Crippen LogP contribution in [0.2, 0.25) is 0 Å². The number of hydrogen-bond donors (Lipinski definition) is 1. The van der Waals surface area contributed by atoms with Gasteiger partial charge in [-0.15, -0.1) is 0 Å². The van der Waals surface area contributed by atoms with Crippen molar-refractivity contribution in [1.29, 1.82) is 0 Å². The summed E-state index contributed by atoms with van der Waals surface area (Å²) < 4.78 is 5.08. The van der Waals surface area contributed by atoms with Gasteiger partial charge < -0.3 is 14.4 Å². The summed E-state index contributed by atoms with van der Waals surface area (Å²) >= 11 is 0. The standard InChI is InChI=1S/C16H15NO3/c1-17(16(19)15-5-3-11-20-15)12-14-8-6-13(7-9-14)4-2-10-18/h3,5-9,11,18H,10,12H2,1H3. The molecule has 0 unspecified atom stereocenters. The summed E-state index contributed by atoms with van der Waals surface area (Å²) in [6, 6.07) is 10.9. The van der Waals surface area contributed by atoms with Crippen LogP contribution in [0.5, 0.6) is 0 Å². The molecular weight excluding hydrogens is 254 g/mol. The highest BCUT2D eigenvalue weighted by Gasteiger charge is 2.14. The second-order valence-corrected chi connectivity index (χ2v) is 4.30. The smallest absolute Gasteiger partial charge is 0.289 e. The van der Waals surface area contributed by atoms with Gasteiger partial charge in [-0.2, -0.15) is 0 Å². The summed E-state index contributed by atoms with van der Waals surface area (Å²) in [6.07, 6.45) is 1.48. The Balaban J connectivity index is 2.01. The molecule has 0 saturated carbocycles. The van der Waals surface area contributed by atoms with E-state index < -0.39 is 0 Å². The fourth-order valence-corrected chi connectivity index (χ4v) is 1.77. The molecule has 4 heteroatoms. The zero-order valence-electron chi connectivity index (χ0n) is 11.2. The number of carbonyl (C=O) groups excluding carboxylic acids is 1. The van der Waals surface area contributed by atoms with E-state index in [0.29, 0.717) is 12.3 Å². The van der Waals surface area contributed by atoms with Crippen LogP contribution in [0.3, 0.4) is 0 Å². The van der Waals surface area contributed by atoms with Gasteiger partial charge in [-0.05, 0) is 29.8 Å². The highest BCUT2D eigenvalue weighted by atomic mass is 16.3. The molecular formula is C16H15NO3. The van der Waals surface area contributed by atoms with Crippen molar-refractivity contribution in [3.63, 3.8) is 0 Å². The topological polar surface area (TPSA) is 53.7 Å². The second-order valence-electron chi connectivity index (χ2n) is 4.30. The number of furan rings is 1. The highest BCUT2D eigenvalue weighted by molar-refractivity contribution is 5.91. The number of nitrogens with zero attached hydrogens (tertiary/aromatic N) is 1. The lowest BCUT2D eigenvalue weighted by Gasteiger charge is -2.15. The van der Waals surface area contributed by atoms with Gasteiger partial charge in [0.15, 0.2) is 5.76 Å². The summed E-state index contributed by atoms with van der Waals surface area (Å²) in [4.78, 5) is 13.6. The molecule has 0 atom stereocenters. The van der Waals surface area contributed by atoms with Gasteiger partial charge in [0, 0.05) is 19.2 Å². The predicted octanol–water partition coefficient (Wildman–Crippen LogP) is 1.90. The van der Waals surface area contributed by atoms with Crippen LogP contribution in [0.4, 0.5) is 0 Å². The Labute approximate surface area is 117 Å². The van der Waals surface area contributed by atoms with E-state index in [-0.39, 0.29) is 12.5 Å². The molecule has 0 spiro atoms. The number of carbonyl (C=O) groups is 1. The first kappa shape index (κ1) is 13.9. The maximum absolute atomic E-state index is 12.0. The Kier molecular flexibility index (Phi) is 4.59. The van der Waals surface area contributed by atoms with Crippen molar-refractivity contribution in [1.82, 2.24) is 4.90 Å². The van der Waals surface area contributed by atoms with E-state index in [0.717, 1.165) is 11.1 Å². The molecule has 0 aliphatic heterocycles. The first-order valence-electron chi connectivity index (χ1n) is 6.18. The fraction of sp³-hybridized carbons (Fsp3) is 0.188. The number of benzene rings is 1. The van der Waals surface area contributed by atoms with Crippen LogP contribution in [-0.2, 0) is 6.54 Å². The molecule has 0 radical (unpaired) electrons. The summed E-state index contributed by atoms with van der Waals surface area (Å²) in [7, 11) is 1.73. The molecule has 20 heavy (non-hydrogen) atoms. The van der Waals surface area contributed by atoms with Crippen molar-refractivity contribution in [3.8, 4) is 11.8 Å². The van der Waals surface area contributed by atoms with Crippen LogP contribution in [-0.4, -0.2) is 29.6 Å². The zero-order valence-corrected chi connectivity index (χ0v) is 11.2. The first-order valence-corrected chi connectivity index (χ1v) is 6.18. The van der Waals surface area contributed by atoms with E-state index in [1.165, 1.54) is 6.26 Å². The molecule has 1 aromatic heterocycles. The summed E-state index contributed by atoms with van der Waals surface area (Å²) in [5.41, 5.74) is 1.84. The van der Waals surface area contributed by atoms with Gasteiger partial charge >= 0.3 is 0 Å². The number of amides is 1. The summed E-state index contributed by atoms with van der Waals surface area (Å²) in [5.74, 6) is 5.59. The molecule has 0 aliphatic carbocycles. The Bertz CT molecular complexity index is 618. The summed E-state index contributed by atoms with van der Waals surface area (Å²) in [5, 5.41) is 8.63. The molecule has 1 heterocycles. The maximum Gasteiger partial charge on any atom is 0.289 e. The highest BCUT2D eigenvalue weighted by Crippen LogP contribution is 2.10. The van der Waals surface area contributed by atoms with E-state index in [2.05, 4.69) is 11.8 Å². The minimum absolute atomic E-state index is 0.151. The molecule has 0 aliphatic rings. The quantitative estimate of drug-likeness (QED) is 0.866. The third kappa shape index (κ3) is 3.50. The normalized spacial score (nSPS) is 9.70. The van der Waals surface area contributed by atoms with Gasteiger partial charge in [0.2, 0.25) is 0 Å². The molecule has 2 rings (SSSR count). The van der Waals surface area contributed by atoms with Crippen molar-refractivity contribution < 1.29 is 14.3 Å². The molecule has 1 amide bonds. The SMILES string of the molecule is CN(Cc1ccc(C#CCO)cc1)C(=O)c1ccco1. The van der Waals surface area contributed by atoms with E-state index in [4.69, 9.17) is 9.52 Å². The maximum atomic E-state index is 12.0. The first-order chi connectivity index (χ1) is 9.70. The largest absolute Gasteiger partial charge is 0.459 e. The molecule has 0 fully saturated rings. The predicted molar refractivity (Wildman–Crippen MR) is 74.9 cm³/mol. The fourth-order valence-electron chi connectivity index (χ4n) is 1.77. The van der Waals surface area contributed by atoms with Crippen LogP contribution < -0.4 is 0 Å². The van der Waals surface area contributed by atoms with Gasteiger partial charge in [-0.1, -0.05) is 24.0 Å². The Hall–Kier alpha value is -2.51. The minimum Gasteiger partial charge on any atom is -0.459 e. The lowest BCUT2D eigenvalue weighted by molar-refractivity contribution is 0.0753. The minimum atomic E-state index is -0.154. The molecule has 0 saturated heterocycles. The van der Waals surface area contributed by atoms with Crippen molar-refractivity contribution in [2.75, 3.05) is 13.7 Å². The Morgan fingerprint density at radius 2 is 2.05 bits per heavy atom. The lowest BCUT2D eigenvalue weighted by Crippen LogP contribution is -2.25. The number of aliphatic hydroxyl groups excluding tert-OH is 1. The molecule has 2 aromatic rings. The number of aliphatic hydroxyl groups is 1. The zero-order chi connectivity index (χ0) is 14.4. The van der Waals surface area contributed by atoms with Crippen LogP contribution in [0.15, 0.2) is 47.1 Å². The third-order valence-corrected chi connectivity index (χ3v) is 2.76. The Morgan fingerprint density at radius 1 is 1.30 bits per heavy atom. The van der Waals surface area contributed by atoms with Crippen molar-refractivity contribution in [2.24, 2.45) is 0 Å².